The van der Waals surface area contributed by atoms with Crippen molar-refractivity contribution in [2.24, 2.45) is 0 Å². The molecule has 5 heteroatoms. The number of rotatable bonds is 5. The predicted octanol–water partition coefficient (Wildman–Crippen LogP) is 4.19. The standard InChI is InChI=1S/C19H18N2O3/c1-13-7-9-15(10-8-13)19-21-16(12-24-19)11-23-18-6-4-3-5-17(18)20-14(2)22/h3-10,12H,11H2,1-2H3,(H,20,22). The predicted molar refractivity (Wildman–Crippen MR) is 91.8 cm³/mol. The van der Waals surface area contributed by atoms with E-state index in [4.69, 9.17) is 9.15 Å². The highest BCUT2D eigenvalue weighted by Crippen LogP contribution is 2.25. The molecule has 5 nitrogen and oxygen atoms in total. The molecule has 24 heavy (non-hydrogen) atoms. The number of oxazole rings is 1. The van der Waals surface area contributed by atoms with Crippen LogP contribution in [0, 0.1) is 6.92 Å². The minimum Gasteiger partial charge on any atom is -0.485 e. The third-order valence-electron chi connectivity index (χ3n) is 3.42. The van der Waals surface area contributed by atoms with Crippen molar-refractivity contribution in [3.05, 3.63) is 66.1 Å². The molecule has 3 rings (SSSR count). The largest absolute Gasteiger partial charge is 0.485 e. The SMILES string of the molecule is CC(=O)Nc1ccccc1OCc1coc(-c2ccc(C)cc2)n1. The van der Waals surface area contributed by atoms with Crippen LogP contribution in [0.5, 0.6) is 5.75 Å². The second kappa shape index (κ2) is 7.00. The Morgan fingerprint density at radius 1 is 1.17 bits per heavy atom. The number of nitrogens with zero attached hydrogens (tertiary/aromatic N) is 1. The van der Waals surface area contributed by atoms with Crippen LogP contribution in [0.4, 0.5) is 5.69 Å². The number of benzene rings is 2. The molecule has 3 aromatic rings. The minimum absolute atomic E-state index is 0.144. The number of hydrogen-bond donors (Lipinski definition) is 1. The Bertz CT molecular complexity index is 838. The van der Waals surface area contributed by atoms with Crippen molar-refractivity contribution in [1.29, 1.82) is 0 Å². The summed E-state index contributed by atoms with van der Waals surface area (Å²) in [5.74, 6) is 1.01. The number of aryl methyl sites for hydroxylation is 1. The van der Waals surface area contributed by atoms with Gasteiger partial charge in [0.1, 0.15) is 24.3 Å². The lowest BCUT2D eigenvalue weighted by atomic mass is 10.1. The molecule has 1 heterocycles. The highest BCUT2D eigenvalue weighted by atomic mass is 16.5. The number of nitrogens with one attached hydrogen (secondary N) is 1. The third-order valence-corrected chi connectivity index (χ3v) is 3.42. The first-order chi connectivity index (χ1) is 11.6. The Balaban J connectivity index is 1.70. The molecule has 0 fully saturated rings. The van der Waals surface area contributed by atoms with E-state index < -0.39 is 0 Å². The fraction of sp³-hybridized carbons (Fsp3) is 0.158. The Morgan fingerprint density at radius 2 is 1.92 bits per heavy atom. The van der Waals surface area contributed by atoms with Gasteiger partial charge in [0.25, 0.3) is 0 Å². The van der Waals surface area contributed by atoms with Crippen molar-refractivity contribution in [2.45, 2.75) is 20.5 Å². The Morgan fingerprint density at radius 3 is 2.67 bits per heavy atom. The summed E-state index contributed by atoms with van der Waals surface area (Å²) in [7, 11) is 0. The summed E-state index contributed by atoms with van der Waals surface area (Å²) in [5.41, 5.74) is 3.42. The number of amides is 1. The Hall–Kier alpha value is -3.08. The molecule has 0 aliphatic rings. The minimum atomic E-state index is -0.144. The van der Waals surface area contributed by atoms with Gasteiger partial charge >= 0.3 is 0 Å². The van der Waals surface area contributed by atoms with Gasteiger partial charge < -0.3 is 14.5 Å². The molecule has 0 saturated carbocycles. The third kappa shape index (κ3) is 3.81. The van der Waals surface area contributed by atoms with Gasteiger partial charge in [0, 0.05) is 12.5 Å². The number of aromatic nitrogens is 1. The van der Waals surface area contributed by atoms with E-state index in [2.05, 4.69) is 10.3 Å². The van der Waals surface area contributed by atoms with Crippen LogP contribution in [0.3, 0.4) is 0 Å². The molecule has 0 bridgehead atoms. The molecule has 0 atom stereocenters. The summed E-state index contributed by atoms with van der Waals surface area (Å²) in [6.07, 6.45) is 1.58. The van der Waals surface area contributed by atoms with Gasteiger partial charge in [0.15, 0.2) is 0 Å². The molecule has 0 unspecified atom stereocenters. The van der Waals surface area contributed by atoms with Crippen molar-refractivity contribution in [1.82, 2.24) is 4.98 Å². The van der Waals surface area contributed by atoms with Crippen LogP contribution in [0.1, 0.15) is 18.2 Å². The van der Waals surface area contributed by atoms with Crippen molar-refractivity contribution in [3.8, 4) is 17.2 Å². The number of para-hydroxylation sites is 2. The zero-order chi connectivity index (χ0) is 16.9. The normalized spacial score (nSPS) is 10.4. The smallest absolute Gasteiger partial charge is 0.226 e. The molecule has 0 spiro atoms. The van der Waals surface area contributed by atoms with Crippen molar-refractivity contribution in [3.63, 3.8) is 0 Å². The monoisotopic (exact) mass is 322 g/mol. The molecule has 122 valence electrons. The van der Waals surface area contributed by atoms with E-state index in [0.29, 0.717) is 23.0 Å². The van der Waals surface area contributed by atoms with E-state index in [1.807, 2.05) is 43.3 Å². The number of anilines is 1. The van der Waals surface area contributed by atoms with E-state index in [1.165, 1.54) is 12.5 Å². The molecule has 1 N–H and O–H groups in total. The lowest BCUT2D eigenvalue weighted by molar-refractivity contribution is -0.114. The summed E-state index contributed by atoms with van der Waals surface area (Å²) in [5, 5.41) is 2.74. The number of ether oxygens (including phenoxy) is 1. The highest BCUT2D eigenvalue weighted by Gasteiger charge is 2.09. The summed E-state index contributed by atoms with van der Waals surface area (Å²) in [4.78, 5) is 15.7. The van der Waals surface area contributed by atoms with Gasteiger partial charge in [-0.2, -0.15) is 0 Å². The average molecular weight is 322 g/mol. The van der Waals surface area contributed by atoms with E-state index >= 15 is 0 Å². The molecule has 0 aliphatic carbocycles. The Kier molecular flexibility index (Phi) is 4.61. The zero-order valence-corrected chi connectivity index (χ0v) is 13.6. The van der Waals surface area contributed by atoms with Gasteiger partial charge in [-0.3, -0.25) is 4.79 Å². The van der Waals surface area contributed by atoms with E-state index in [9.17, 15) is 4.79 Å². The fourth-order valence-corrected chi connectivity index (χ4v) is 2.24. The van der Waals surface area contributed by atoms with Gasteiger partial charge in [-0.15, -0.1) is 0 Å². The molecular weight excluding hydrogens is 304 g/mol. The van der Waals surface area contributed by atoms with Gasteiger partial charge in [-0.25, -0.2) is 4.98 Å². The molecular formula is C19H18N2O3. The van der Waals surface area contributed by atoms with Crippen LogP contribution in [-0.4, -0.2) is 10.9 Å². The number of hydrogen-bond acceptors (Lipinski definition) is 4. The van der Waals surface area contributed by atoms with E-state index in [0.717, 1.165) is 5.56 Å². The molecule has 0 aliphatic heterocycles. The van der Waals surface area contributed by atoms with E-state index in [1.54, 1.807) is 18.4 Å². The molecule has 1 amide bonds. The lowest BCUT2D eigenvalue weighted by Crippen LogP contribution is -2.07. The first kappa shape index (κ1) is 15.8. The van der Waals surface area contributed by atoms with Crippen LogP contribution in [0.25, 0.3) is 11.5 Å². The molecule has 2 aromatic carbocycles. The molecule has 0 radical (unpaired) electrons. The first-order valence-electron chi connectivity index (χ1n) is 7.62. The second-order valence-corrected chi connectivity index (χ2v) is 5.48. The van der Waals surface area contributed by atoms with Crippen LogP contribution >= 0.6 is 0 Å². The van der Waals surface area contributed by atoms with Crippen molar-refractivity contribution >= 4 is 11.6 Å². The average Bonchev–Trinajstić information content (AvgIpc) is 3.03. The fourth-order valence-electron chi connectivity index (χ4n) is 2.24. The van der Waals surface area contributed by atoms with Gasteiger partial charge in [0.05, 0.1) is 5.69 Å². The zero-order valence-electron chi connectivity index (χ0n) is 13.6. The summed E-state index contributed by atoms with van der Waals surface area (Å²) < 4.78 is 11.3. The molecule has 0 saturated heterocycles. The topological polar surface area (TPSA) is 64.4 Å². The summed E-state index contributed by atoms with van der Waals surface area (Å²) in [6.45, 7) is 3.75. The van der Waals surface area contributed by atoms with E-state index in [-0.39, 0.29) is 12.5 Å². The maximum Gasteiger partial charge on any atom is 0.226 e. The molecule has 1 aromatic heterocycles. The first-order valence-corrected chi connectivity index (χ1v) is 7.62. The summed E-state index contributed by atoms with van der Waals surface area (Å²) >= 11 is 0. The maximum atomic E-state index is 11.2. The number of carbonyl (C=O) groups is 1. The van der Waals surface area contributed by atoms with Crippen LogP contribution in [-0.2, 0) is 11.4 Å². The quantitative estimate of drug-likeness (QED) is 0.765. The number of carbonyl (C=O) groups excluding carboxylic acids is 1. The van der Waals surface area contributed by atoms with Gasteiger partial charge in [0.2, 0.25) is 11.8 Å². The van der Waals surface area contributed by atoms with Crippen molar-refractivity contribution < 1.29 is 13.9 Å². The maximum absolute atomic E-state index is 11.2. The second-order valence-electron chi connectivity index (χ2n) is 5.48. The lowest BCUT2D eigenvalue weighted by Gasteiger charge is -2.10. The van der Waals surface area contributed by atoms with Crippen molar-refractivity contribution in [2.75, 3.05) is 5.32 Å². The highest BCUT2D eigenvalue weighted by molar-refractivity contribution is 5.90. The van der Waals surface area contributed by atoms with Gasteiger partial charge in [-0.1, -0.05) is 29.8 Å². The van der Waals surface area contributed by atoms with Crippen LogP contribution in [0.2, 0.25) is 0 Å². The van der Waals surface area contributed by atoms with Crippen LogP contribution < -0.4 is 10.1 Å². The van der Waals surface area contributed by atoms with Gasteiger partial charge in [-0.05, 0) is 31.2 Å². The Labute approximate surface area is 140 Å². The van der Waals surface area contributed by atoms with Crippen LogP contribution in [0.15, 0.2) is 59.2 Å². The summed E-state index contributed by atoms with van der Waals surface area (Å²) in [6, 6.07) is 15.2.